The van der Waals surface area contributed by atoms with Gasteiger partial charge in [-0.2, -0.15) is 0 Å². The van der Waals surface area contributed by atoms with Crippen LogP contribution < -0.4 is 10.6 Å². The first-order valence-electron chi connectivity index (χ1n) is 5.68. The van der Waals surface area contributed by atoms with E-state index in [0.717, 1.165) is 0 Å². The highest BCUT2D eigenvalue weighted by Gasteiger charge is 2.26. The van der Waals surface area contributed by atoms with E-state index in [-0.39, 0.29) is 17.9 Å². The fraction of sp³-hybridized carbons (Fsp3) is 0.417. The number of nitrogens with zero attached hydrogens (tertiary/aromatic N) is 1. The topological polar surface area (TPSA) is 70.6 Å². The predicted octanol–water partition coefficient (Wildman–Crippen LogP) is 0.499. The van der Waals surface area contributed by atoms with E-state index in [2.05, 4.69) is 22.5 Å². The third-order valence-electron chi connectivity index (χ3n) is 2.72. The van der Waals surface area contributed by atoms with Crippen molar-refractivity contribution in [1.29, 1.82) is 0 Å². The Hall–Kier alpha value is -1.91. The fourth-order valence-corrected chi connectivity index (χ4v) is 1.70. The number of imide groups is 1. The van der Waals surface area contributed by atoms with Gasteiger partial charge in [0.2, 0.25) is 11.8 Å². The van der Waals surface area contributed by atoms with Crippen LogP contribution in [0.5, 0.6) is 0 Å². The van der Waals surface area contributed by atoms with Gasteiger partial charge in [-0.1, -0.05) is 19.1 Å². The van der Waals surface area contributed by atoms with Crippen molar-refractivity contribution in [2.75, 3.05) is 0 Å². The molecule has 0 aliphatic carbocycles. The highest BCUT2D eigenvalue weighted by Crippen LogP contribution is 2.07. The van der Waals surface area contributed by atoms with Crippen molar-refractivity contribution in [3.05, 3.63) is 24.4 Å². The summed E-state index contributed by atoms with van der Waals surface area (Å²) in [5.41, 5.74) is 0. The van der Waals surface area contributed by atoms with Crippen molar-refractivity contribution in [3.63, 3.8) is 0 Å². The van der Waals surface area contributed by atoms with Crippen LogP contribution in [0.15, 0.2) is 29.4 Å². The van der Waals surface area contributed by atoms with Gasteiger partial charge >= 0.3 is 0 Å². The third-order valence-corrected chi connectivity index (χ3v) is 2.72. The monoisotopic (exact) mass is 233 g/mol. The van der Waals surface area contributed by atoms with Gasteiger partial charge in [-0.25, -0.2) is 4.99 Å². The zero-order valence-electron chi connectivity index (χ0n) is 9.64. The van der Waals surface area contributed by atoms with E-state index >= 15 is 0 Å². The number of carbonyl (C=O) groups excluding carboxylic acids is 2. The summed E-state index contributed by atoms with van der Waals surface area (Å²) in [4.78, 5) is 26.7. The average molecular weight is 233 g/mol. The number of nitrogens with one attached hydrogen (secondary N) is 2. The normalized spacial score (nSPS) is 28.4. The summed E-state index contributed by atoms with van der Waals surface area (Å²) in [5, 5.41) is 5.34. The van der Waals surface area contributed by atoms with Gasteiger partial charge < -0.3 is 5.32 Å². The molecule has 17 heavy (non-hydrogen) atoms. The number of aliphatic imine (C=N–C) groups is 1. The van der Waals surface area contributed by atoms with Crippen molar-refractivity contribution in [2.45, 2.75) is 25.8 Å². The first-order chi connectivity index (χ1) is 8.15. The number of carbonyl (C=O) groups is 2. The molecular weight excluding hydrogens is 218 g/mol. The van der Waals surface area contributed by atoms with Gasteiger partial charge in [0, 0.05) is 12.6 Å². The summed E-state index contributed by atoms with van der Waals surface area (Å²) >= 11 is 0. The van der Waals surface area contributed by atoms with Crippen molar-refractivity contribution in [1.82, 2.24) is 10.6 Å². The lowest BCUT2D eigenvalue weighted by atomic mass is 10.1. The van der Waals surface area contributed by atoms with Crippen molar-refractivity contribution in [3.8, 4) is 0 Å². The van der Waals surface area contributed by atoms with Gasteiger partial charge in [0.25, 0.3) is 0 Å². The molecule has 90 valence electrons. The molecule has 0 saturated carbocycles. The maximum Gasteiger partial charge on any atom is 0.249 e. The molecule has 2 heterocycles. The molecule has 2 rings (SSSR count). The fourth-order valence-electron chi connectivity index (χ4n) is 1.70. The smallest absolute Gasteiger partial charge is 0.249 e. The molecular formula is C12H15N3O2. The van der Waals surface area contributed by atoms with Crippen molar-refractivity contribution in [2.24, 2.45) is 10.9 Å². The number of piperidine rings is 1. The van der Waals surface area contributed by atoms with Crippen LogP contribution in [0.2, 0.25) is 0 Å². The van der Waals surface area contributed by atoms with Crippen LogP contribution in [0.1, 0.15) is 19.8 Å². The van der Waals surface area contributed by atoms with Gasteiger partial charge in [0.1, 0.15) is 11.9 Å². The predicted molar refractivity (Wildman–Crippen MR) is 64.2 cm³/mol. The Labute approximate surface area is 99.7 Å². The van der Waals surface area contributed by atoms with Gasteiger partial charge in [-0.15, -0.1) is 0 Å². The second-order valence-corrected chi connectivity index (χ2v) is 4.22. The molecule has 0 aromatic heterocycles. The van der Waals surface area contributed by atoms with Crippen LogP contribution in [0, 0.1) is 5.92 Å². The van der Waals surface area contributed by atoms with Crippen molar-refractivity contribution >= 4 is 17.6 Å². The Morgan fingerprint density at radius 1 is 1.41 bits per heavy atom. The highest BCUT2D eigenvalue weighted by molar-refractivity contribution is 6.03. The molecule has 0 bridgehead atoms. The number of hydrogen-bond acceptors (Lipinski definition) is 4. The summed E-state index contributed by atoms with van der Waals surface area (Å²) in [6.45, 7) is 2.05. The first kappa shape index (κ1) is 11.6. The minimum atomic E-state index is -0.377. The molecule has 5 heteroatoms. The lowest BCUT2D eigenvalue weighted by Crippen LogP contribution is -2.52. The highest BCUT2D eigenvalue weighted by atomic mass is 16.2. The van der Waals surface area contributed by atoms with E-state index in [4.69, 9.17) is 0 Å². The van der Waals surface area contributed by atoms with Crippen LogP contribution >= 0.6 is 0 Å². The zero-order valence-corrected chi connectivity index (χ0v) is 9.64. The molecule has 2 amide bonds. The maximum absolute atomic E-state index is 11.5. The van der Waals surface area contributed by atoms with Crippen LogP contribution in [0.4, 0.5) is 0 Å². The van der Waals surface area contributed by atoms with E-state index in [1.54, 1.807) is 6.20 Å². The third kappa shape index (κ3) is 3.03. The lowest BCUT2D eigenvalue weighted by molar-refractivity contribution is -0.134. The standard InChI is InChI=1S/C12H15N3O2/c1-8-2-4-10(13-7-6-8)14-9-3-5-11(16)15-12(9)17/h2,4,6-9H,3,5H2,1H3,(H,13,14)(H,15,16,17). The molecule has 2 aliphatic rings. The summed E-state index contributed by atoms with van der Waals surface area (Å²) in [6.07, 6.45) is 8.42. The zero-order chi connectivity index (χ0) is 12.3. The molecule has 0 spiro atoms. The molecule has 0 aromatic carbocycles. The van der Waals surface area contributed by atoms with Crippen LogP contribution in [0.3, 0.4) is 0 Å². The van der Waals surface area contributed by atoms with Gasteiger partial charge in [-0.05, 0) is 18.4 Å². The molecule has 2 aliphatic heterocycles. The number of amidine groups is 1. The Kier molecular flexibility index (Phi) is 3.37. The minimum Gasteiger partial charge on any atom is -0.358 e. The maximum atomic E-state index is 11.5. The Morgan fingerprint density at radius 2 is 2.24 bits per heavy atom. The van der Waals surface area contributed by atoms with Gasteiger partial charge in [-0.3, -0.25) is 14.9 Å². The Bertz CT molecular complexity index is 423. The molecule has 0 radical (unpaired) electrons. The van der Waals surface area contributed by atoms with E-state index in [1.807, 2.05) is 18.2 Å². The van der Waals surface area contributed by atoms with Crippen LogP contribution in [-0.4, -0.2) is 23.7 Å². The van der Waals surface area contributed by atoms with Crippen LogP contribution in [0.25, 0.3) is 0 Å². The van der Waals surface area contributed by atoms with Crippen LogP contribution in [-0.2, 0) is 9.59 Å². The molecule has 1 fully saturated rings. The summed E-state index contributed by atoms with van der Waals surface area (Å²) in [7, 11) is 0. The second kappa shape index (κ2) is 4.95. The molecule has 2 N–H and O–H groups in total. The first-order valence-corrected chi connectivity index (χ1v) is 5.68. The number of amides is 2. The SMILES string of the molecule is CC1C=CN=C(NC2CCC(=O)NC2=O)C=C1. The average Bonchev–Trinajstić information content (AvgIpc) is 2.48. The summed E-state index contributed by atoms with van der Waals surface area (Å²) in [6, 6.07) is -0.377. The number of allylic oxidation sites excluding steroid dienone is 2. The Balaban J connectivity index is 1.99. The molecule has 1 saturated heterocycles. The lowest BCUT2D eigenvalue weighted by Gasteiger charge is -2.22. The van der Waals surface area contributed by atoms with E-state index in [0.29, 0.717) is 24.6 Å². The van der Waals surface area contributed by atoms with Gasteiger partial charge in [0.05, 0.1) is 0 Å². The number of rotatable bonds is 1. The van der Waals surface area contributed by atoms with E-state index < -0.39 is 0 Å². The Morgan fingerprint density at radius 3 is 3.00 bits per heavy atom. The minimum absolute atomic E-state index is 0.208. The molecule has 2 unspecified atom stereocenters. The van der Waals surface area contributed by atoms with Gasteiger partial charge in [0.15, 0.2) is 0 Å². The molecule has 0 aromatic rings. The van der Waals surface area contributed by atoms with Crippen molar-refractivity contribution < 1.29 is 9.59 Å². The summed E-state index contributed by atoms with van der Waals surface area (Å²) in [5.74, 6) is 0.499. The molecule has 5 nitrogen and oxygen atoms in total. The second-order valence-electron chi connectivity index (χ2n) is 4.22. The van der Waals surface area contributed by atoms with E-state index in [1.165, 1.54) is 0 Å². The summed E-state index contributed by atoms with van der Waals surface area (Å²) < 4.78 is 0. The largest absolute Gasteiger partial charge is 0.358 e. The number of hydrogen-bond donors (Lipinski definition) is 2. The van der Waals surface area contributed by atoms with E-state index in [9.17, 15) is 9.59 Å². The molecule has 2 atom stereocenters. The quantitative estimate of drug-likeness (QED) is 0.648.